The van der Waals surface area contributed by atoms with Crippen LogP contribution in [0.2, 0.25) is 10.0 Å². The zero-order valence-electron chi connectivity index (χ0n) is 13.8. The number of nitrogen functional groups attached to an aromatic ring is 1. The summed E-state index contributed by atoms with van der Waals surface area (Å²) in [6.07, 6.45) is 3.85. The zero-order valence-corrected chi connectivity index (χ0v) is 15.3. The number of nitrogens with two attached hydrogens (primary N) is 1. The molecule has 0 aliphatic rings. The normalized spacial score (nSPS) is 10.5. The van der Waals surface area contributed by atoms with Gasteiger partial charge in [-0.1, -0.05) is 23.2 Å². The Morgan fingerprint density at radius 3 is 2.56 bits per heavy atom. The topological polar surface area (TPSA) is 125 Å². The van der Waals surface area contributed by atoms with E-state index in [1.54, 1.807) is 0 Å². The molecule has 11 heteroatoms. The first-order valence-electron chi connectivity index (χ1n) is 7.41. The minimum Gasteiger partial charge on any atom is -0.497 e. The van der Waals surface area contributed by atoms with Gasteiger partial charge in [-0.25, -0.2) is 4.98 Å². The molecule has 1 amide bonds. The molecule has 2 aromatic heterocycles. The summed E-state index contributed by atoms with van der Waals surface area (Å²) in [6.45, 7) is 0. The van der Waals surface area contributed by atoms with E-state index in [2.05, 4.69) is 20.5 Å². The van der Waals surface area contributed by atoms with Crippen molar-refractivity contribution in [1.29, 1.82) is 0 Å². The van der Waals surface area contributed by atoms with Crippen molar-refractivity contribution in [1.82, 2.24) is 19.7 Å². The number of benzene rings is 1. The number of rotatable bonds is 4. The molecule has 0 bridgehead atoms. The minimum atomic E-state index is -0.756. The molecular formula is C16H12Cl2N6O3. The average Bonchev–Trinajstić information content (AvgIpc) is 2.63. The molecule has 0 atom stereocenters. The fraction of sp³-hybridized carbons (Fsp3) is 0.0625. The lowest BCUT2D eigenvalue weighted by atomic mass is 10.2. The molecule has 0 saturated heterocycles. The minimum absolute atomic E-state index is 0.137. The van der Waals surface area contributed by atoms with Crippen LogP contribution in [-0.4, -0.2) is 32.8 Å². The smallest absolute Gasteiger partial charge is 0.273 e. The summed E-state index contributed by atoms with van der Waals surface area (Å²) in [5.74, 6) is -0.585. The summed E-state index contributed by atoms with van der Waals surface area (Å²) >= 11 is 12.4. The summed E-state index contributed by atoms with van der Waals surface area (Å²) in [6, 6.07) is 4.47. The molecule has 0 fully saturated rings. The fourth-order valence-electron chi connectivity index (χ4n) is 2.29. The van der Waals surface area contributed by atoms with Crippen LogP contribution in [0.5, 0.6) is 5.75 Å². The first-order valence-corrected chi connectivity index (χ1v) is 8.16. The van der Waals surface area contributed by atoms with E-state index in [0.29, 0.717) is 11.4 Å². The maximum atomic E-state index is 12.9. The lowest BCUT2D eigenvalue weighted by Gasteiger charge is -2.13. The Morgan fingerprint density at radius 2 is 1.96 bits per heavy atom. The Bertz CT molecular complexity index is 1050. The van der Waals surface area contributed by atoms with Gasteiger partial charge in [0.2, 0.25) is 0 Å². The van der Waals surface area contributed by atoms with Gasteiger partial charge in [-0.05, 0) is 6.07 Å². The highest BCUT2D eigenvalue weighted by Crippen LogP contribution is 2.32. The molecule has 3 rings (SSSR count). The number of nitrogens with zero attached hydrogens (tertiary/aromatic N) is 4. The number of hydrogen-bond acceptors (Lipinski definition) is 7. The highest BCUT2D eigenvalue weighted by Gasteiger charge is 2.21. The second-order valence-corrected chi connectivity index (χ2v) is 6.02. The summed E-state index contributed by atoms with van der Waals surface area (Å²) < 4.78 is 6.12. The van der Waals surface area contributed by atoms with Crippen molar-refractivity contribution in [3.05, 3.63) is 62.9 Å². The number of nitrogens with one attached hydrogen (secondary N) is 1. The molecule has 0 radical (unpaired) electrons. The summed E-state index contributed by atoms with van der Waals surface area (Å²) in [4.78, 5) is 29.3. The molecule has 0 saturated carbocycles. The number of amides is 1. The lowest BCUT2D eigenvalue weighted by molar-refractivity contribution is 0.102. The van der Waals surface area contributed by atoms with Crippen LogP contribution in [0.3, 0.4) is 0 Å². The van der Waals surface area contributed by atoms with Crippen LogP contribution in [-0.2, 0) is 0 Å². The first-order chi connectivity index (χ1) is 12.9. The van der Waals surface area contributed by atoms with Crippen molar-refractivity contribution in [2.45, 2.75) is 0 Å². The van der Waals surface area contributed by atoms with Crippen LogP contribution in [0, 0.1) is 0 Å². The van der Waals surface area contributed by atoms with Crippen molar-refractivity contribution in [3.8, 4) is 11.4 Å². The van der Waals surface area contributed by atoms with E-state index in [0.717, 1.165) is 10.9 Å². The Kier molecular flexibility index (Phi) is 5.24. The number of methoxy groups -OCH3 is 1. The van der Waals surface area contributed by atoms with Crippen molar-refractivity contribution < 1.29 is 9.53 Å². The third-order valence-electron chi connectivity index (χ3n) is 3.54. The summed E-state index contributed by atoms with van der Waals surface area (Å²) in [7, 11) is 1.45. The first kappa shape index (κ1) is 18.6. The standard InChI is InChI=1S/C16H12Cl2N6O3/c1-27-9-4-10(17)13(11(18)5-9)24-7-20-14(19)12(16(24)26)15(25)23-8-2-3-21-22-6-8/h2-7H,19H2,1H3,(H,21,23,25). The highest BCUT2D eigenvalue weighted by molar-refractivity contribution is 6.38. The Balaban J connectivity index is 2.10. The van der Waals surface area contributed by atoms with Gasteiger partial charge >= 0.3 is 0 Å². The van der Waals surface area contributed by atoms with Gasteiger partial charge in [0, 0.05) is 12.1 Å². The third-order valence-corrected chi connectivity index (χ3v) is 4.11. The van der Waals surface area contributed by atoms with Gasteiger partial charge in [-0.3, -0.25) is 14.2 Å². The van der Waals surface area contributed by atoms with Crippen molar-refractivity contribution in [2.75, 3.05) is 18.2 Å². The molecule has 27 heavy (non-hydrogen) atoms. The molecular weight excluding hydrogens is 395 g/mol. The van der Waals surface area contributed by atoms with Gasteiger partial charge in [0.25, 0.3) is 11.5 Å². The number of halogens is 2. The molecule has 2 heterocycles. The quantitative estimate of drug-likeness (QED) is 0.679. The number of ether oxygens (including phenoxy) is 1. The maximum absolute atomic E-state index is 12.9. The molecule has 3 aromatic rings. The Morgan fingerprint density at radius 1 is 1.26 bits per heavy atom. The second kappa shape index (κ2) is 7.60. The van der Waals surface area contributed by atoms with Crippen LogP contribution in [0.25, 0.3) is 5.69 Å². The SMILES string of the molecule is COc1cc(Cl)c(-n2cnc(N)c(C(=O)Nc3ccnnc3)c2=O)c(Cl)c1. The van der Waals surface area contributed by atoms with Crippen molar-refractivity contribution in [3.63, 3.8) is 0 Å². The van der Waals surface area contributed by atoms with Gasteiger partial charge in [0.1, 0.15) is 23.5 Å². The van der Waals surface area contributed by atoms with Crippen LogP contribution in [0.1, 0.15) is 10.4 Å². The van der Waals surface area contributed by atoms with Crippen LogP contribution < -0.4 is 21.3 Å². The maximum Gasteiger partial charge on any atom is 0.273 e. The molecule has 0 spiro atoms. The van der Waals surface area contributed by atoms with Crippen molar-refractivity contribution in [2.24, 2.45) is 0 Å². The molecule has 0 aliphatic carbocycles. The lowest BCUT2D eigenvalue weighted by Crippen LogP contribution is -2.31. The summed E-state index contributed by atoms with van der Waals surface area (Å²) in [5, 5.41) is 10.0. The van der Waals surface area contributed by atoms with Crippen molar-refractivity contribution >= 4 is 40.6 Å². The van der Waals surface area contributed by atoms with E-state index >= 15 is 0 Å². The average molecular weight is 407 g/mol. The van der Waals surface area contributed by atoms with E-state index in [4.69, 9.17) is 33.7 Å². The number of hydrogen-bond donors (Lipinski definition) is 2. The van der Waals surface area contributed by atoms with E-state index in [1.165, 1.54) is 37.7 Å². The molecule has 0 unspecified atom stereocenters. The number of anilines is 2. The Hall–Kier alpha value is -3.17. The highest BCUT2D eigenvalue weighted by atomic mass is 35.5. The van der Waals surface area contributed by atoms with Crippen LogP contribution in [0.15, 0.2) is 41.7 Å². The number of aromatic nitrogens is 4. The van der Waals surface area contributed by atoms with E-state index in [9.17, 15) is 9.59 Å². The van der Waals surface area contributed by atoms with E-state index in [-0.39, 0.29) is 27.1 Å². The molecule has 3 N–H and O–H groups in total. The van der Waals surface area contributed by atoms with E-state index < -0.39 is 11.5 Å². The van der Waals surface area contributed by atoms with Gasteiger partial charge in [0.05, 0.1) is 40.9 Å². The fourth-order valence-corrected chi connectivity index (χ4v) is 2.94. The van der Waals surface area contributed by atoms with Gasteiger partial charge < -0.3 is 15.8 Å². The molecule has 9 nitrogen and oxygen atoms in total. The van der Waals surface area contributed by atoms with E-state index in [1.807, 2.05) is 0 Å². The largest absolute Gasteiger partial charge is 0.497 e. The molecule has 0 aliphatic heterocycles. The molecule has 1 aromatic carbocycles. The second-order valence-electron chi connectivity index (χ2n) is 5.20. The third kappa shape index (κ3) is 3.69. The zero-order chi connectivity index (χ0) is 19.6. The van der Waals surface area contributed by atoms with Gasteiger partial charge in [-0.2, -0.15) is 10.2 Å². The number of carbonyl (C=O) groups is 1. The predicted molar refractivity (Wildman–Crippen MR) is 101 cm³/mol. The van der Waals surface area contributed by atoms with Gasteiger partial charge in [0.15, 0.2) is 0 Å². The monoisotopic (exact) mass is 406 g/mol. The number of carbonyl (C=O) groups excluding carboxylic acids is 1. The van der Waals surface area contributed by atoms with Crippen LogP contribution >= 0.6 is 23.2 Å². The molecule has 138 valence electrons. The van der Waals surface area contributed by atoms with Crippen LogP contribution in [0.4, 0.5) is 11.5 Å². The van der Waals surface area contributed by atoms with Gasteiger partial charge in [-0.15, -0.1) is 0 Å². The predicted octanol–water partition coefficient (Wildman–Crippen LogP) is 2.17. The Labute approximate surface area is 162 Å². The summed E-state index contributed by atoms with van der Waals surface area (Å²) in [5.41, 5.74) is 5.13.